The number of nitrogens with zero attached hydrogens (tertiary/aromatic N) is 2. The number of aromatic nitrogens is 1. The molecule has 1 heterocycles. The standard InChI is InChI=1S/C24H23N3/c1-17-8-12-24(13-9-17)27-18(2)14-22(19(27)3)16-25-26-23-11-10-20-6-4-5-7-21(20)15-23/h4-16,26H,1-3H3/b25-16+. The van der Waals surface area contributed by atoms with Gasteiger partial charge in [-0.2, -0.15) is 5.10 Å². The van der Waals surface area contributed by atoms with Crippen molar-refractivity contribution in [3.63, 3.8) is 0 Å². The van der Waals surface area contributed by atoms with Crippen molar-refractivity contribution in [3.8, 4) is 5.69 Å². The normalized spacial score (nSPS) is 11.4. The molecule has 1 aromatic heterocycles. The summed E-state index contributed by atoms with van der Waals surface area (Å²) in [4.78, 5) is 0. The average Bonchev–Trinajstić information content (AvgIpc) is 2.96. The van der Waals surface area contributed by atoms with E-state index in [1.807, 2.05) is 6.21 Å². The van der Waals surface area contributed by atoms with Crippen molar-refractivity contribution in [1.29, 1.82) is 0 Å². The number of hydrogen-bond acceptors (Lipinski definition) is 2. The molecule has 0 aliphatic carbocycles. The van der Waals surface area contributed by atoms with Gasteiger partial charge in [-0.25, -0.2) is 0 Å². The second-order valence-electron chi connectivity index (χ2n) is 6.93. The van der Waals surface area contributed by atoms with Crippen molar-refractivity contribution >= 4 is 22.7 Å². The summed E-state index contributed by atoms with van der Waals surface area (Å²) < 4.78 is 2.26. The molecule has 0 amide bonds. The number of hydrogen-bond donors (Lipinski definition) is 1. The highest BCUT2D eigenvalue weighted by molar-refractivity contribution is 5.86. The molecule has 0 radical (unpaired) electrons. The van der Waals surface area contributed by atoms with Gasteiger partial charge in [0.15, 0.2) is 0 Å². The van der Waals surface area contributed by atoms with Gasteiger partial charge in [0.2, 0.25) is 0 Å². The minimum atomic E-state index is 0.984. The Balaban J connectivity index is 1.57. The van der Waals surface area contributed by atoms with Gasteiger partial charge in [-0.1, -0.05) is 48.0 Å². The SMILES string of the molecule is Cc1ccc(-n2c(C)cc(/C=N/Nc3ccc4ccccc4c3)c2C)cc1. The third-order valence-electron chi connectivity index (χ3n) is 4.91. The minimum Gasteiger partial charge on any atom is -0.318 e. The van der Waals surface area contributed by atoms with E-state index in [9.17, 15) is 0 Å². The fraction of sp³-hybridized carbons (Fsp3) is 0.125. The number of fused-ring (bicyclic) bond motifs is 1. The first-order valence-corrected chi connectivity index (χ1v) is 9.16. The predicted octanol–water partition coefficient (Wildman–Crippen LogP) is 6.00. The van der Waals surface area contributed by atoms with E-state index in [1.165, 1.54) is 33.4 Å². The lowest BCUT2D eigenvalue weighted by atomic mass is 10.1. The van der Waals surface area contributed by atoms with E-state index in [0.717, 1.165) is 11.3 Å². The molecule has 4 aromatic rings. The second-order valence-corrected chi connectivity index (χ2v) is 6.93. The topological polar surface area (TPSA) is 29.3 Å². The summed E-state index contributed by atoms with van der Waals surface area (Å²) in [5.41, 5.74) is 10.1. The summed E-state index contributed by atoms with van der Waals surface area (Å²) in [5.74, 6) is 0. The highest BCUT2D eigenvalue weighted by atomic mass is 15.3. The third kappa shape index (κ3) is 3.49. The van der Waals surface area contributed by atoms with E-state index in [0.29, 0.717) is 0 Å². The van der Waals surface area contributed by atoms with Crippen LogP contribution in [0.4, 0.5) is 5.69 Å². The molecule has 0 fully saturated rings. The van der Waals surface area contributed by atoms with Gasteiger partial charge >= 0.3 is 0 Å². The number of anilines is 1. The third-order valence-corrected chi connectivity index (χ3v) is 4.91. The average molecular weight is 353 g/mol. The van der Waals surface area contributed by atoms with Crippen molar-refractivity contribution in [2.45, 2.75) is 20.8 Å². The van der Waals surface area contributed by atoms with E-state index in [1.54, 1.807) is 0 Å². The summed E-state index contributed by atoms with van der Waals surface area (Å²) in [7, 11) is 0. The molecule has 0 atom stereocenters. The zero-order valence-corrected chi connectivity index (χ0v) is 15.9. The van der Waals surface area contributed by atoms with Gasteiger partial charge in [-0.15, -0.1) is 0 Å². The van der Waals surface area contributed by atoms with Gasteiger partial charge in [-0.3, -0.25) is 5.43 Å². The molecule has 0 aliphatic heterocycles. The van der Waals surface area contributed by atoms with Gasteiger partial charge in [0.25, 0.3) is 0 Å². The highest BCUT2D eigenvalue weighted by Crippen LogP contribution is 2.21. The maximum atomic E-state index is 4.45. The Hall–Kier alpha value is -3.33. The van der Waals surface area contributed by atoms with Crippen molar-refractivity contribution in [2.24, 2.45) is 5.10 Å². The van der Waals surface area contributed by atoms with E-state index < -0.39 is 0 Å². The molecule has 3 aromatic carbocycles. The van der Waals surface area contributed by atoms with Crippen LogP contribution in [0.3, 0.4) is 0 Å². The van der Waals surface area contributed by atoms with E-state index in [2.05, 4.69) is 109 Å². The Morgan fingerprint density at radius 3 is 2.33 bits per heavy atom. The Bertz CT molecular complexity index is 1120. The maximum Gasteiger partial charge on any atom is 0.0568 e. The van der Waals surface area contributed by atoms with E-state index in [4.69, 9.17) is 0 Å². The lowest BCUT2D eigenvalue weighted by Gasteiger charge is -2.09. The summed E-state index contributed by atoms with van der Waals surface area (Å²) in [6, 6.07) is 25.4. The molecule has 0 aliphatic rings. The zero-order chi connectivity index (χ0) is 18.8. The Kier molecular flexibility index (Phi) is 4.51. The van der Waals surface area contributed by atoms with Gasteiger partial charge in [-0.05, 0) is 61.9 Å². The fourth-order valence-corrected chi connectivity index (χ4v) is 3.44. The smallest absolute Gasteiger partial charge is 0.0568 e. The first-order chi connectivity index (χ1) is 13.1. The van der Waals surface area contributed by atoms with Gasteiger partial charge in [0.05, 0.1) is 11.9 Å². The van der Waals surface area contributed by atoms with Crippen LogP contribution in [0, 0.1) is 20.8 Å². The largest absolute Gasteiger partial charge is 0.318 e. The summed E-state index contributed by atoms with van der Waals surface area (Å²) in [6.07, 6.45) is 1.89. The first kappa shape index (κ1) is 17.1. The van der Waals surface area contributed by atoms with Crippen molar-refractivity contribution < 1.29 is 0 Å². The van der Waals surface area contributed by atoms with Crippen molar-refractivity contribution in [3.05, 3.63) is 95.3 Å². The number of rotatable bonds is 4. The molecule has 0 saturated heterocycles. The van der Waals surface area contributed by atoms with Crippen LogP contribution in [0.5, 0.6) is 0 Å². The van der Waals surface area contributed by atoms with E-state index >= 15 is 0 Å². The molecule has 0 unspecified atom stereocenters. The molecule has 27 heavy (non-hydrogen) atoms. The lowest BCUT2D eigenvalue weighted by molar-refractivity contribution is 0.964. The number of benzene rings is 3. The number of hydrazone groups is 1. The molecular weight excluding hydrogens is 330 g/mol. The lowest BCUT2D eigenvalue weighted by Crippen LogP contribution is -1.99. The molecule has 0 bridgehead atoms. The van der Waals surface area contributed by atoms with Crippen LogP contribution in [-0.2, 0) is 0 Å². The molecule has 0 spiro atoms. The quantitative estimate of drug-likeness (QED) is 0.354. The molecule has 134 valence electrons. The second kappa shape index (κ2) is 7.12. The maximum absolute atomic E-state index is 4.45. The Morgan fingerprint density at radius 2 is 1.56 bits per heavy atom. The van der Waals surface area contributed by atoms with E-state index in [-0.39, 0.29) is 0 Å². The molecular formula is C24H23N3. The number of nitrogens with one attached hydrogen (secondary N) is 1. The fourth-order valence-electron chi connectivity index (χ4n) is 3.44. The monoisotopic (exact) mass is 353 g/mol. The highest BCUT2D eigenvalue weighted by Gasteiger charge is 2.09. The van der Waals surface area contributed by atoms with Gasteiger partial charge in [0.1, 0.15) is 0 Å². The van der Waals surface area contributed by atoms with Gasteiger partial charge < -0.3 is 4.57 Å². The van der Waals surface area contributed by atoms with Gasteiger partial charge in [0, 0.05) is 22.6 Å². The van der Waals surface area contributed by atoms with Crippen LogP contribution in [0.1, 0.15) is 22.5 Å². The Morgan fingerprint density at radius 1 is 0.815 bits per heavy atom. The summed E-state index contributed by atoms with van der Waals surface area (Å²) >= 11 is 0. The summed E-state index contributed by atoms with van der Waals surface area (Å²) in [6.45, 7) is 6.36. The molecule has 1 N–H and O–H groups in total. The van der Waals surface area contributed by atoms with Crippen molar-refractivity contribution in [1.82, 2.24) is 4.57 Å². The van der Waals surface area contributed by atoms with Crippen LogP contribution in [0.25, 0.3) is 16.5 Å². The number of aryl methyl sites for hydroxylation is 2. The van der Waals surface area contributed by atoms with Crippen molar-refractivity contribution in [2.75, 3.05) is 5.43 Å². The molecule has 0 saturated carbocycles. The first-order valence-electron chi connectivity index (χ1n) is 9.16. The Labute approximate surface area is 160 Å². The van der Waals surface area contributed by atoms with Crippen LogP contribution >= 0.6 is 0 Å². The molecule has 4 rings (SSSR count). The van der Waals surface area contributed by atoms with Crippen LogP contribution < -0.4 is 5.43 Å². The zero-order valence-electron chi connectivity index (χ0n) is 15.9. The molecule has 3 nitrogen and oxygen atoms in total. The van der Waals surface area contributed by atoms with Crippen LogP contribution in [0.2, 0.25) is 0 Å². The summed E-state index contributed by atoms with van der Waals surface area (Å²) in [5, 5.41) is 6.89. The minimum absolute atomic E-state index is 0.984. The predicted molar refractivity (Wildman–Crippen MR) is 115 cm³/mol. The van der Waals surface area contributed by atoms with Crippen LogP contribution in [-0.4, -0.2) is 10.8 Å². The van der Waals surface area contributed by atoms with Crippen LogP contribution in [0.15, 0.2) is 77.9 Å². The molecule has 3 heteroatoms.